The van der Waals surface area contributed by atoms with E-state index < -0.39 is 13.0 Å². The summed E-state index contributed by atoms with van der Waals surface area (Å²) in [5, 5.41) is 12.8. The van der Waals surface area contributed by atoms with Crippen LogP contribution in [0, 0.1) is 19.7 Å². The van der Waals surface area contributed by atoms with E-state index >= 15 is 0 Å². The van der Waals surface area contributed by atoms with Gasteiger partial charge in [0.1, 0.15) is 30.7 Å². The van der Waals surface area contributed by atoms with Gasteiger partial charge in [-0.1, -0.05) is 18.5 Å². The van der Waals surface area contributed by atoms with E-state index in [1.54, 1.807) is 22.9 Å². The van der Waals surface area contributed by atoms with Crippen molar-refractivity contribution in [2.45, 2.75) is 40.2 Å². The van der Waals surface area contributed by atoms with E-state index in [2.05, 4.69) is 20.5 Å². The Bertz CT molecular complexity index is 1260. The number of aliphatic imine (C=N–C) groups is 1. The van der Waals surface area contributed by atoms with Gasteiger partial charge in [0, 0.05) is 24.3 Å². The van der Waals surface area contributed by atoms with Crippen LogP contribution in [0.15, 0.2) is 41.2 Å². The van der Waals surface area contributed by atoms with Crippen LogP contribution >= 0.6 is 11.6 Å². The maximum atomic E-state index is 13.4. The number of aromatic nitrogens is 4. The number of hydrogen-bond donors (Lipinski definition) is 1. The topological polar surface area (TPSA) is 63.3 Å². The molecule has 11 heteroatoms. The van der Waals surface area contributed by atoms with Crippen molar-refractivity contribution < 1.29 is 13.2 Å². The molecule has 3 aromatic rings. The van der Waals surface area contributed by atoms with Crippen molar-refractivity contribution in [3.8, 4) is 11.3 Å². The summed E-state index contributed by atoms with van der Waals surface area (Å²) in [7, 11) is 1.84. The third-order valence-corrected chi connectivity index (χ3v) is 6.17. The number of rotatable bonds is 6. The molecule has 1 N–H and O–H groups in total. The molecule has 7 nitrogen and oxygen atoms in total. The molecule has 180 valence electrons. The van der Waals surface area contributed by atoms with Crippen molar-refractivity contribution in [3.63, 3.8) is 0 Å². The number of allylic oxidation sites excluding steroid dienone is 1. The quantitative estimate of drug-likeness (QED) is 0.522. The second-order valence-electron chi connectivity index (χ2n) is 8.02. The lowest BCUT2D eigenvalue weighted by Crippen LogP contribution is -2.31. The van der Waals surface area contributed by atoms with Gasteiger partial charge < -0.3 is 10.2 Å². The van der Waals surface area contributed by atoms with Crippen molar-refractivity contribution in [2.24, 2.45) is 4.99 Å². The van der Waals surface area contributed by atoms with Crippen molar-refractivity contribution in [1.82, 2.24) is 24.5 Å². The largest absolute Gasteiger partial charge is 0.342 e. The van der Waals surface area contributed by atoms with Gasteiger partial charge in [0.2, 0.25) is 0 Å². The van der Waals surface area contributed by atoms with Gasteiger partial charge in [0.15, 0.2) is 5.84 Å². The fraction of sp³-hybridized carbons (Fsp3) is 0.348. The summed E-state index contributed by atoms with van der Waals surface area (Å²) in [4.78, 5) is 6.41. The van der Waals surface area contributed by atoms with E-state index in [-0.39, 0.29) is 5.82 Å². The van der Waals surface area contributed by atoms with Gasteiger partial charge in [-0.05, 0) is 44.5 Å². The Morgan fingerprint density at radius 1 is 1.15 bits per heavy atom. The first-order valence-electron chi connectivity index (χ1n) is 10.8. The van der Waals surface area contributed by atoms with Crippen LogP contribution in [0.4, 0.5) is 19.0 Å². The minimum absolute atomic E-state index is 0.333. The van der Waals surface area contributed by atoms with Crippen molar-refractivity contribution in [1.29, 1.82) is 0 Å². The average Bonchev–Trinajstić information content (AvgIpc) is 3.26. The SMILES string of the molecule is CCc1c(-c2ccc(F)cc2)nn(CC(F)F)c1NC1=CC(n2nc(C)c(Cl)c2C)=NCN1C. The Balaban J connectivity index is 1.77. The Kier molecular flexibility index (Phi) is 6.70. The molecule has 0 spiro atoms. The third kappa shape index (κ3) is 4.54. The molecule has 0 aliphatic carbocycles. The molecule has 2 aromatic heterocycles. The maximum Gasteiger partial charge on any atom is 0.258 e. The summed E-state index contributed by atoms with van der Waals surface area (Å²) < 4.78 is 43.2. The third-order valence-electron chi connectivity index (χ3n) is 5.62. The minimum atomic E-state index is -2.60. The fourth-order valence-electron chi connectivity index (χ4n) is 3.84. The first kappa shape index (κ1) is 23.9. The number of aryl methyl sites for hydroxylation is 1. The monoisotopic (exact) mass is 491 g/mol. The van der Waals surface area contributed by atoms with E-state index in [0.29, 0.717) is 52.5 Å². The van der Waals surface area contributed by atoms with Crippen LogP contribution in [0.25, 0.3) is 11.3 Å². The lowest BCUT2D eigenvalue weighted by atomic mass is 10.1. The smallest absolute Gasteiger partial charge is 0.258 e. The van der Waals surface area contributed by atoms with E-state index in [4.69, 9.17) is 11.6 Å². The molecule has 0 atom stereocenters. The summed E-state index contributed by atoms with van der Waals surface area (Å²) in [6, 6.07) is 5.84. The van der Waals surface area contributed by atoms with Crippen LogP contribution in [0.3, 0.4) is 0 Å². The fourth-order valence-corrected chi connectivity index (χ4v) is 3.95. The highest BCUT2D eigenvalue weighted by atomic mass is 35.5. The average molecular weight is 492 g/mol. The molecule has 1 aliphatic rings. The van der Waals surface area contributed by atoms with Gasteiger partial charge >= 0.3 is 0 Å². The van der Waals surface area contributed by atoms with Crippen molar-refractivity contribution >= 4 is 23.3 Å². The van der Waals surface area contributed by atoms with Crippen LogP contribution in [-0.4, -0.2) is 50.4 Å². The van der Waals surface area contributed by atoms with Crippen LogP contribution in [0.2, 0.25) is 5.02 Å². The van der Waals surface area contributed by atoms with Crippen LogP contribution in [-0.2, 0) is 13.0 Å². The van der Waals surface area contributed by atoms with Gasteiger partial charge in [0.05, 0.1) is 22.1 Å². The van der Waals surface area contributed by atoms with Gasteiger partial charge in [-0.15, -0.1) is 0 Å². The molecule has 0 unspecified atom stereocenters. The molecule has 34 heavy (non-hydrogen) atoms. The number of alkyl halides is 2. The standard InChI is InChI=1S/C23H25ClF3N7/c1-5-17-22(15-6-8-16(25)9-7-15)31-33(11-18(26)27)23(17)29-20-10-19(28-12-32(20)4)34-14(3)21(24)13(2)30-34/h6-10,18,29H,5,11-12H2,1-4H3. The van der Waals surface area contributed by atoms with Gasteiger partial charge in [-0.3, -0.25) is 0 Å². The zero-order valence-corrected chi connectivity index (χ0v) is 20.0. The van der Waals surface area contributed by atoms with Gasteiger partial charge in [0.25, 0.3) is 6.43 Å². The van der Waals surface area contributed by atoms with Gasteiger partial charge in [-0.2, -0.15) is 10.2 Å². The summed E-state index contributed by atoms with van der Waals surface area (Å²) in [5.41, 5.74) is 3.38. The molecule has 1 aromatic carbocycles. The summed E-state index contributed by atoms with van der Waals surface area (Å²) in [6.45, 7) is 5.34. The number of nitrogens with zero attached hydrogens (tertiary/aromatic N) is 6. The molecule has 0 saturated heterocycles. The molecule has 0 radical (unpaired) electrons. The molecule has 0 bridgehead atoms. The summed E-state index contributed by atoms with van der Waals surface area (Å²) in [5.74, 6) is 1.29. The lowest BCUT2D eigenvalue weighted by molar-refractivity contribution is 0.122. The predicted octanol–water partition coefficient (Wildman–Crippen LogP) is 5.09. The summed E-state index contributed by atoms with van der Waals surface area (Å²) >= 11 is 6.30. The Morgan fingerprint density at radius 2 is 1.85 bits per heavy atom. The maximum absolute atomic E-state index is 13.4. The first-order chi connectivity index (χ1) is 16.2. The summed E-state index contributed by atoms with van der Waals surface area (Å²) in [6.07, 6.45) is -0.280. The van der Waals surface area contributed by atoms with E-state index in [1.807, 2.05) is 32.7 Å². The molecule has 4 rings (SSSR count). The normalized spacial score (nSPS) is 14.0. The Morgan fingerprint density at radius 3 is 2.44 bits per heavy atom. The molecule has 0 fully saturated rings. The van der Waals surface area contributed by atoms with E-state index in [1.165, 1.54) is 16.8 Å². The second-order valence-corrected chi connectivity index (χ2v) is 8.39. The van der Waals surface area contributed by atoms with E-state index in [9.17, 15) is 13.2 Å². The van der Waals surface area contributed by atoms with Crippen LogP contribution in [0.1, 0.15) is 23.9 Å². The highest BCUT2D eigenvalue weighted by molar-refractivity contribution is 6.32. The molecule has 0 amide bonds. The van der Waals surface area contributed by atoms with Crippen LogP contribution < -0.4 is 5.32 Å². The molecule has 3 heterocycles. The lowest BCUT2D eigenvalue weighted by Gasteiger charge is -2.27. The zero-order valence-electron chi connectivity index (χ0n) is 19.3. The zero-order chi connectivity index (χ0) is 24.6. The van der Waals surface area contributed by atoms with Gasteiger partial charge in [-0.25, -0.2) is 27.5 Å². The molecular formula is C23H25ClF3N7. The van der Waals surface area contributed by atoms with Crippen molar-refractivity contribution in [2.75, 3.05) is 19.0 Å². The Labute approximate surface area is 200 Å². The van der Waals surface area contributed by atoms with Crippen LogP contribution in [0.5, 0.6) is 0 Å². The Hall–Kier alpha value is -3.27. The predicted molar refractivity (Wildman–Crippen MR) is 127 cm³/mol. The molecule has 0 saturated carbocycles. The number of hydrogen-bond acceptors (Lipinski definition) is 5. The molecule has 1 aliphatic heterocycles. The highest BCUT2D eigenvalue weighted by Gasteiger charge is 2.24. The number of nitrogens with one attached hydrogen (secondary N) is 1. The number of benzene rings is 1. The first-order valence-corrected chi connectivity index (χ1v) is 11.2. The molecular weight excluding hydrogens is 467 g/mol. The second kappa shape index (κ2) is 9.54. The van der Waals surface area contributed by atoms with Crippen molar-refractivity contribution in [3.05, 3.63) is 64.0 Å². The highest BCUT2D eigenvalue weighted by Crippen LogP contribution is 2.32. The minimum Gasteiger partial charge on any atom is -0.342 e. The van der Waals surface area contributed by atoms with E-state index in [0.717, 1.165) is 11.3 Å². The number of halogens is 4. The number of anilines is 1.